The molecular formula is C12H13NO2. The largest absolute Gasteiger partial charge is 0.465 e. The molecule has 0 atom stereocenters. The van der Waals surface area contributed by atoms with E-state index in [4.69, 9.17) is 4.74 Å². The second-order valence-corrected chi connectivity index (χ2v) is 3.61. The van der Waals surface area contributed by atoms with Crippen LogP contribution in [0.5, 0.6) is 0 Å². The van der Waals surface area contributed by atoms with Crippen LogP contribution in [-0.2, 0) is 4.74 Å². The van der Waals surface area contributed by atoms with E-state index >= 15 is 0 Å². The lowest BCUT2D eigenvalue weighted by atomic mass is 10.1. The molecule has 0 radical (unpaired) electrons. The second-order valence-electron chi connectivity index (χ2n) is 3.61. The predicted octanol–water partition coefficient (Wildman–Crippen LogP) is 2.57. The van der Waals surface area contributed by atoms with Crippen molar-refractivity contribution in [1.29, 1.82) is 0 Å². The van der Waals surface area contributed by atoms with Crippen LogP contribution in [0.3, 0.4) is 0 Å². The van der Waals surface area contributed by atoms with Gasteiger partial charge in [0.15, 0.2) is 0 Å². The number of benzene rings is 1. The van der Waals surface area contributed by atoms with Crippen molar-refractivity contribution in [3.05, 3.63) is 35.0 Å². The number of carbonyl (C=O) groups is 1. The maximum atomic E-state index is 11.6. The number of esters is 1. The molecule has 0 unspecified atom stereocenters. The molecule has 78 valence electrons. The third-order valence-electron chi connectivity index (χ3n) is 2.62. The van der Waals surface area contributed by atoms with Gasteiger partial charge in [0.25, 0.3) is 0 Å². The van der Waals surface area contributed by atoms with Crippen LogP contribution in [0.2, 0.25) is 0 Å². The summed E-state index contributed by atoms with van der Waals surface area (Å²) in [4.78, 5) is 14.8. The number of H-pyrrole nitrogens is 1. The van der Waals surface area contributed by atoms with Crippen LogP contribution in [-0.4, -0.2) is 18.1 Å². The number of aromatic nitrogens is 1. The Morgan fingerprint density at radius 3 is 2.73 bits per heavy atom. The maximum Gasteiger partial charge on any atom is 0.340 e. The molecule has 0 aliphatic carbocycles. The molecule has 15 heavy (non-hydrogen) atoms. The van der Waals surface area contributed by atoms with Crippen LogP contribution >= 0.6 is 0 Å². The fraction of sp³-hybridized carbons (Fsp3) is 0.250. The van der Waals surface area contributed by atoms with E-state index in [2.05, 4.69) is 4.98 Å². The van der Waals surface area contributed by atoms with Gasteiger partial charge >= 0.3 is 5.97 Å². The number of hydrogen-bond acceptors (Lipinski definition) is 2. The number of aromatic amines is 1. The van der Waals surface area contributed by atoms with Gasteiger partial charge in [-0.05, 0) is 19.4 Å². The fourth-order valence-corrected chi connectivity index (χ4v) is 1.86. The van der Waals surface area contributed by atoms with E-state index in [0.29, 0.717) is 5.56 Å². The quantitative estimate of drug-likeness (QED) is 0.724. The number of fused-ring (bicyclic) bond motifs is 1. The van der Waals surface area contributed by atoms with Crippen molar-refractivity contribution in [3.63, 3.8) is 0 Å². The highest BCUT2D eigenvalue weighted by molar-refractivity contribution is 6.06. The standard InChI is InChI=1S/C12H13NO2/c1-7-5-4-6-9-10(12(14)15-3)8(2)13-11(7)9/h4-6,13H,1-3H3. The molecule has 0 aliphatic heterocycles. The number of aryl methyl sites for hydroxylation is 2. The highest BCUT2D eigenvalue weighted by Crippen LogP contribution is 2.24. The number of rotatable bonds is 1. The molecule has 0 fully saturated rings. The van der Waals surface area contributed by atoms with E-state index in [9.17, 15) is 4.79 Å². The average Bonchev–Trinajstić information content (AvgIpc) is 2.55. The van der Waals surface area contributed by atoms with Crippen molar-refractivity contribution in [1.82, 2.24) is 4.98 Å². The maximum absolute atomic E-state index is 11.6. The van der Waals surface area contributed by atoms with Crippen molar-refractivity contribution >= 4 is 16.9 Å². The molecule has 1 aromatic heterocycles. The lowest BCUT2D eigenvalue weighted by Crippen LogP contribution is -2.01. The van der Waals surface area contributed by atoms with Gasteiger partial charge in [0.05, 0.1) is 12.7 Å². The summed E-state index contributed by atoms with van der Waals surface area (Å²) in [5.74, 6) is -0.288. The first-order valence-corrected chi connectivity index (χ1v) is 4.81. The first kappa shape index (κ1) is 9.77. The summed E-state index contributed by atoms with van der Waals surface area (Å²) < 4.78 is 4.76. The molecule has 1 aromatic carbocycles. The zero-order chi connectivity index (χ0) is 11.0. The molecule has 0 saturated carbocycles. The van der Waals surface area contributed by atoms with E-state index in [1.165, 1.54) is 7.11 Å². The lowest BCUT2D eigenvalue weighted by molar-refractivity contribution is 0.0602. The van der Waals surface area contributed by atoms with Crippen molar-refractivity contribution in [2.24, 2.45) is 0 Å². The third kappa shape index (κ3) is 1.40. The Morgan fingerprint density at radius 1 is 1.33 bits per heavy atom. The molecule has 3 nitrogen and oxygen atoms in total. The van der Waals surface area contributed by atoms with Gasteiger partial charge in [-0.15, -0.1) is 0 Å². The molecule has 2 rings (SSSR count). The second kappa shape index (κ2) is 3.42. The normalized spacial score (nSPS) is 10.6. The Hall–Kier alpha value is -1.77. The molecule has 0 aliphatic rings. The minimum Gasteiger partial charge on any atom is -0.465 e. The van der Waals surface area contributed by atoms with Crippen LogP contribution in [0.25, 0.3) is 10.9 Å². The third-order valence-corrected chi connectivity index (χ3v) is 2.62. The summed E-state index contributed by atoms with van der Waals surface area (Å²) in [6, 6.07) is 5.88. The Kier molecular flexibility index (Phi) is 2.23. The van der Waals surface area contributed by atoms with Gasteiger partial charge in [-0.25, -0.2) is 4.79 Å². The highest BCUT2D eigenvalue weighted by atomic mass is 16.5. The van der Waals surface area contributed by atoms with Crippen molar-refractivity contribution in [2.75, 3.05) is 7.11 Å². The van der Waals surface area contributed by atoms with Gasteiger partial charge in [0.1, 0.15) is 0 Å². The summed E-state index contributed by atoms with van der Waals surface area (Å²) in [7, 11) is 1.40. The van der Waals surface area contributed by atoms with Gasteiger partial charge in [-0.3, -0.25) is 0 Å². The van der Waals surface area contributed by atoms with Crippen LogP contribution < -0.4 is 0 Å². The number of ether oxygens (including phenoxy) is 1. The van der Waals surface area contributed by atoms with E-state index in [1.54, 1.807) is 0 Å². The van der Waals surface area contributed by atoms with Crippen LogP contribution in [0.15, 0.2) is 18.2 Å². The van der Waals surface area contributed by atoms with Gasteiger partial charge in [-0.2, -0.15) is 0 Å². The SMILES string of the molecule is COC(=O)c1c(C)[nH]c2c(C)cccc12. The molecule has 0 spiro atoms. The van der Waals surface area contributed by atoms with Crippen molar-refractivity contribution < 1.29 is 9.53 Å². The minimum absolute atomic E-state index is 0.288. The first-order chi connectivity index (χ1) is 7.15. The molecule has 1 N–H and O–H groups in total. The van der Waals surface area contributed by atoms with Gasteiger partial charge in [0.2, 0.25) is 0 Å². The van der Waals surface area contributed by atoms with E-state index < -0.39 is 0 Å². The number of methoxy groups -OCH3 is 1. The lowest BCUT2D eigenvalue weighted by Gasteiger charge is -1.98. The van der Waals surface area contributed by atoms with Crippen molar-refractivity contribution in [2.45, 2.75) is 13.8 Å². The average molecular weight is 203 g/mol. The van der Waals surface area contributed by atoms with Crippen LogP contribution in [0, 0.1) is 13.8 Å². The summed E-state index contributed by atoms with van der Waals surface area (Å²) >= 11 is 0. The molecule has 3 heteroatoms. The molecule has 0 saturated heterocycles. The van der Waals surface area contributed by atoms with E-state index in [-0.39, 0.29) is 5.97 Å². The van der Waals surface area contributed by atoms with Crippen LogP contribution in [0.1, 0.15) is 21.6 Å². The number of hydrogen-bond donors (Lipinski definition) is 1. The van der Waals surface area contributed by atoms with E-state index in [0.717, 1.165) is 22.2 Å². The van der Waals surface area contributed by atoms with Crippen molar-refractivity contribution in [3.8, 4) is 0 Å². The summed E-state index contributed by atoms with van der Waals surface area (Å²) in [6.07, 6.45) is 0. The Bertz CT molecular complexity index is 526. The monoisotopic (exact) mass is 203 g/mol. The molecule has 0 bridgehead atoms. The first-order valence-electron chi connectivity index (χ1n) is 4.81. The summed E-state index contributed by atoms with van der Waals surface area (Å²) in [5.41, 5.74) is 3.63. The zero-order valence-corrected chi connectivity index (χ0v) is 9.05. The number of carbonyl (C=O) groups excluding carboxylic acids is 1. The summed E-state index contributed by atoms with van der Waals surface area (Å²) in [5, 5.41) is 0.930. The zero-order valence-electron chi connectivity index (χ0n) is 9.05. The van der Waals surface area contributed by atoms with Gasteiger partial charge in [0, 0.05) is 16.6 Å². The smallest absolute Gasteiger partial charge is 0.340 e. The predicted molar refractivity (Wildman–Crippen MR) is 59.1 cm³/mol. The Balaban J connectivity index is 2.79. The molecule has 0 amide bonds. The van der Waals surface area contributed by atoms with E-state index in [1.807, 2.05) is 32.0 Å². The molecular weight excluding hydrogens is 190 g/mol. The molecule has 2 aromatic rings. The topological polar surface area (TPSA) is 42.1 Å². The minimum atomic E-state index is -0.288. The number of nitrogens with one attached hydrogen (secondary N) is 1. The Morgan fingerprint density at radius 2 is 2.07 bits per heavy atom. The number of para-hydroxylation sites is 1. The Labute approximate surface area is 88.1 Å². The van der Waals surface area contributed by atoms with Crippen LogP contribution in [0.4, 0.5) is 0 Å². The molecule has 1 heterocycles. The van der Waals surface area contributed by atoms with Gasteiger partial charge in [-0.1, -0.05) is 18.2 Å². The summed E-state index contributed by atoms with van der Waals surface area (Å²) in [6.45, 7) is 3.89. The fourth-order valence-electron chi connectivity index (χ4n) is 1.86. The van der Waals surface area contributed by atoms with Gasteiger partial charge < -0.3 is 9.72 Å². The highest BCUT2D eigenvalue weighted by Gasteiger charge is 2.16.